The van der Waals surface area contributed by atoms with Gasteiger partial charge in [0.15, 0.2) is 5.13 Å². The van der Waals surface area contributed by atoms with Crippen LogP contribution in [0.4, 0.5) is 5.13 Å². The van der Waals surface area contributed by atoms with Crippen molar-refractivity contribution in [2.75, 3.05) is 44.8 Å². The molecule has 0 atom stereocenters. The summed E-state index contributed by atoms with van der Waals surface area (Å²) in [7, 11) is 1.61. The van der Waals surface area contributed by atoms with Gasteiger partial charge in [0.1, 0.15) is 17.0 Å². The third kappa shape index (κ3) is 4.91. The molecule has 30 heavy (non-hydrogen) atoms. The lowest BCUT2D eigenvalue weighted by molar-refractivity contribution is -0.894. The van der Waals surface area contributed by atoms with E-state index >= 15 is 0 Å². The third-order valence-corrected chi connectivity index (χ3v) is 6.20. The van der Waals surface area contributed by atoms with Crippen LogP contribution in [0.1, 0.15) is 31.1 Å². The summed E-state index contributed by atoms with van der Waals surface area (Å²) in [5, 5.41) is 0.691. The van der Waals surface area contributed by atoms with Gasteiger partial charge in [-0.1, -0.05) is 23.5 Å². The smallest absolute Gasteiger partial charge is 0.260 e. The minimum atomic E-state index is -0.0718. The number of hydrogen-bond donors (Lipinski definition) is 1. The third-order valence-electron chi connectivity index (χ3n) is 5.15. The van der Waals surface area contributed by atoms with Crippen molar-refractivity contribution in [3.8, 4) is 11.5 Å². The molecule has 0 aliphatic carbocycles. The van der Waals surface area contributed by atoms with Crippen molar-refractivity contribution in [1.82, 2.24) is 4.98 Å². The number of ether oxygens (including phenoxy) is 2. The number of anilines is 1. The van der Waals surface area contributed by atoms with Gasteiger partial charge < -0.3 is 14.4 Å². The van der Waals surface area contributed by atoms with E-state index in [9.17, 15) is 4.79 Å². The Morgan fingerprint density at radius 2 is 1.90 bits per heavy atom. The standard InChI is InChI=1S/C23H29N3O3S/c1-5-25(6-2)14-15-26(22(27)17-10-8-11-18(16-17)28-4)23-24-21-19(29-7-3)12-9-13-20(21)30-23/h8-13,16H,5-7,14-15H2,1-4H3/p+1. The maximum Gasteiger partial charge on any atom is 0.260 e. The molecule has 0 saturated heterocycles. The minimum absolute atomic E-state index is 0.0718. The number of carbonyl (C=O) groups is 1. The minimum Gasteiger partial charge on any atom is -0.497 e. The monoisotopic (exact) mass is 428 g/mol. The van der Waals surface area contributed by atoms with Crippen molar-refractivity contribution in [2.24, 2.45) is 0 Å². The van der Waals surface area contributed by atoms with Gasteiger partial charge in [0.05, 0.1) is 44.6 Å². The number of rotatable bonds is 10. The van der Waals surface area contributed by atoms with Gasteiger partial charge in [0.25, 0.3) is 5.91 Å². The number of thiazole rings is 1. The van der Waals surface area contributed by atoms with Gasteiger partial charge in [-0.15, -0.1) is 0 Å². The molecule has 6 nitrogen and oxygen atoms in total. The molecule has 0 saturated carbocycles. The number of nitrogens with one attached hydrogen (secondary N) is 1. The summed E-state index contributed by atoms with van der Waals surface area (Å²) in [4.78, 5) is 21.5. The number of quaternary nitrogens is 1. The van der Waals surface area contributed by atoms with Crippen LogP contribution in [-0.2, 0) is 0 Å². The fourth-order valence-electron chi connectivity index (χ4n) is 3.37. The van der Waals surface area contributed by atoms with Crippen LogP contribution in [0, 0.1) is 0 Å². The molecular formula is C23H30N3O3S+. The molecule has 0 unspecified atom stereocenters. The van der Waals surface area contributed by atoms with E-state index in [2.05, 4.69) is 13.8 Å². The predicted octanol–water partition coefficient (Wildman–Crippen LogP) is 3.28. The number of amides is 1. The number of benzene rings is 2. The van der Waals surface area contributed by atoms with Crippen LogP contribution < -0.4 is 19.3 Å². The summed E-state index contributed by atoms with van der Waals surface area (Å²) in [6, 6.07) is 13.2. The Hall–Kier alpha value is -2.64. The van der Waals surface area contributed by atoms with Crippen molar-refractivity contribution in [2.45, 2.75) is 20.8 Å². The van der Waals surface area contributed by atoms with Crippen LogP contribution in [0.25, 0.3) is 10.2 Å². The van der Waals surface area contributed by atoms with Crippen molar-refractivity contribution in [3.63, 3.8) is 0 Å². The number of nitrogens with zero attached hydrogens (tertiary/aromatic N) is 2. The first-order valence-corrected chi connectivity index (χ1v) is 11.2. The van der Waals surface area contributed by atoms with Crippen molar-refractivity contribution < 1.29 is 19.2 Å². The number of likely N-dealkylation sites (N-methyl/N-ethyl adjacent to an activating group) is 1. The summed E-state index contributed by atoms with van der Waals surface area (Å²) in [6.07, 6.45) is 0. The van der Waals surface area contributed by atoms with Crippen molar-refractivity contribution in [3.05, 3.63) is 48.0 Å². The first-order valence-electron chi connectivity index (χ1n) is 10.4. The molecule has 2 aromatic carbocycles. The molecular weight excluding hydrogens is 398 g/mol. The highest BCUT2D eigenvalue weighted by Gasteiger charge is 2.24. The summed E-state index contributed by atoms with van der Waals surface area (Å²) in [6.45, 7) is 10.4. The van der Waals surface area contributed by atoms with Crippen LogP contribution in [0.15, 0.2) is 42.5 Å². The molecule has 1 heterocycles. The Bertz CT molecular complexity index is 985. The molecule has 3 aromatic rings. The number of methoxy groups -OCH3 is 1. The predicted molar refractivity (Wildman–Crippen MR) is 122 cm³/mol. The number of carbonyl (C=O) groups excluding carboxylic acids is 1. The van der Waals surface area contributed by atoms with Gasteiger partial charge in [-0.3, -0.25) is 9.69 Å². The molecule has 1 N–H and O–H groups in total. The zero-order valence-electron chi connectivity index (χ0n) is 18.1. The Kier molecular flexibility index (Phi) is 7.65. The van der Waals surface area contributed by atoms with Gasteiger partial charge >= 0.3 is 0 Å². The molecule has 0 radical (unpaired) electrons. The fraction of sp³-hybridized carbons (Fsp3) is 0.391. The Labute approximate surface area is 182 Å². The van der Waals surface area contributed by atoms with E-state index in [1.807, 2.05) is 43.3 Å². The highest BCUT2D eigenvalue weighted by molar-refractivity contribution is 7.22. The van der Waals surface area contributed by atoms with Crippen LogP contribution in [-0.4, -0.2) is 50.8 Å². The van der Waals surface area contributed by atoms with E-state index < -0.39 is 0 Å². The maximum absolute atomic E-state index is 13.5. The maximum atomic E-state index is 13.5. The first kappa shape index (κ1) is 22.1. The number of para-hydroxylation sites is 1. The van der Waals surface area contributed by atoms with Crippen LogP contribution >= 0.6 is 11.3 Å². The quantitative estimate of drug-likeness (QED) is 0.539. The number of fused-ring (bicyclic) bond motifs is 1. The van der Waals surface area contributed by atoms with Gasteiger partial charge in [-0.2, -0.15) is 0 Å². The van der Waals surface area contributed by atoms with Gasteiger partial charge in [-0.05, 0) is 51.1 Å². The lowest BCUT2D eigenvalue weighted by atomic mass is 10.2. The summed E-state index contributed by atoms with van der Waals surface area (Å²) in [5.41, 5.74) is 1.39. The Morgan fingerprint density at radius 3 is 2.60 bits per heavy atom. The molecule has 1 aromatic heterocycles. The normalized spacial score (nSPS) is 11.1. The molecule has 7 heteroatoms. The van der Waals surface area contributed by atoms with E-state index in [4.69, 9.17) is 14.5 Å². The average Bonchev–Trinajstić information content (AvgIpc) is 3.21. The lowest BCUT2D eigenvalue weighted by Crippen LogP contribution is -3.12. The van der Waals surface area contributed by atoms with E-state index in [1.165, 1.54) is 16.2 Å². The van der Waals surface area contributed by atoms with E-state index in [1.54, 1.807) is 18.1 Å². The van der Waals surface area contributed by atoms with Crippen LogP contribution in [0.3, 0.4) is 0 Å². The molecule has 3 rings (SSSR count). The van der Waals surface area contributed by atoms with Crippen LogP contribution in [0.2, 0.25) is 0 Å². The SMILES string of the molecule is CCOc1cccc2sc(N(CC[NH+](CC)CC)C(=O)c3cccc(OC)c3)nc12. The van der Waals surface area contributed by atoms with Crippen LogP contribution in [0.5, 0.6) is 11.5 Å². The first-order chi connectivity index (χ1) is 14.6. The fourth-order valence-corrected chi connectivity index (χ4v) is 4.38. The highest BCUT2D eigenvalue weighted by Crippen LogP contribution is 2.34. The molecule has 160 valence electrons. The highest BCUT2D eigenvalue weighted by atomic mass is 32.1. The van der Waals surface area contributed by atoms with E-state index in [0.29, 0.717) is 29.6 Å². The molecule has 0 bridgehead atoms. The molecule has 0 fully saturated rings. The Morgan fingerprint density at radius 1 is 1.13 bits per heavy atom. The largest absolute Gasteiger partial charge is 0.497 e. The molecule has 0 aliphatic rings. The summed E-state index contributed by atoms with van der Waals surface area (Å²) >= 11 is 1.52. The van der Waals surface area contributed by atoms with Gasteiger partial charge in [-0.25, -0.2) is 4.98 Å². The molecule has 0 aliphatic heterocycles. The van der Waals surface area contributed by atoms with Gasteiger partial charge in [0.2, 0.25) is 0 Å². The summed E-state index contributed by atoms with van der Waals surface area (Å²) in [5.74, 6) is 1.34. The van der Waals surface area contributed by atoms with Crippen molar-refractivity contribution >= 4 is 32.6 Å². The number of hydrogen-bond acceptors (Lipinski definition) is 5. The van der Waals surface area contributed by atoms with Gasteiger partial charge in [0, 0.05) is 5.56 Å². The summed E-state index contributed by atoms with van der Waals surface area (Å²) < 4.78 is 12.1. The second kappa shape index (κ2) is 10.4. The van der Waals surface area contributed by atoms with E-state index in [-0.39, 0.29) is 5.91 Å². The average molecular weight is 429 g/mol. The Balaban J connectivity index is 1.99. The zero-order valence-corrected chi connectivity index (χ0v) is 18.9. The molecule has 0 spiro atoms. The molecule has 1 amide bonds. The van der Waals surface area contributed by atoms with Crippen molar-refractivity contribution in [1.29, 1.82) is 0 Å². The lowest BCUT2D eigenvalue weighted by Gasteiger charge is -2.23. The zero-order chi connectivity index (χ0) is 21.5. The topological polar surface area (TPSA) is 56.1 Å². The second-order valence-corrected chi connectivity index (χ2v) is 7.94. The number of aromatic nitrogens is 1. The second-order valence-electron chi connectivity index (χ2n) is 6.93. The van der Waals surface area contributed by atoms with E-state index in [0.717, 1.165) is 35.6 Å².